The molecular weight excluding hydrogens is 387 g/mol. The Bertz CT molecular complexity index is 963. The SMILES string of the molecule is O=[N+]([O-])c1cccc(NCc2ccccc2OCc2ccc(Cl)cc2Cl)c1. The Morgan fingerprint density at radius 3 is 2.56 bits per heavy atom. The zero-order valence-electron chi connectivity index (χ0n) is 14.2. The van der Waals surface area contributed by atoms with Gasteiger partial charge in [-0.25, -0.2) is 0 Å². The van der Waals surface area contributed by atoms with Gasteiger partial charge in [0, 0.05) is 45.5 Å². The number of rotatable bonds is 7. The van der Waals surface area contributed by atoms with Crippen LogP contribution in [0.2, 0.25) is 10.0 Å². The number of para-hydroxylation sites is 1. The number of nitro groups is 1. The fourth-order valence-corrected chi connectivity index (χ4v) is 2.97. The van der Waals surface area contributed by atoms with Gasteiger partial charge in [-0.05, 0) is 24.3 Å². The molecule has 0 aliphatic rings. The van der Waals surface area contributed by atoms with Crippen LogP contribution in [-0.2, 0) is 13.2 Å². The smallest absolute Gasteiger partial charge is 0.271 e. The molecule has 3 aromatic rings. The average molecular weight is 403 g/mol. The first-order valence-electron chi connectivity index (χ1n) is 8.16. The number of anilines is 1. The molecular formula is C20H16Cl2N2O3. The summed E-state index contributed by atoms with van der Waals surface area (Å²) < 4.78 is 5.92. The largest absolute Gasteiger partial charge is 0.488 e. The van der Waals surface area contributed by atoms with Crippen molar-refractivity contribution in [3.05, 3.63) is 98.0 Å². The predicted molar refractivity (Wildman–Crippen MR) is 108 cm³/mol. The maximum atomic E-state index is 10.9. The topological polar surface area (TPSA) is 64.4 Å². The average Bonchev–Trinajstić information content (AvgIpc) is 2.66. The number of ether oxygens (including phenoxy) is 1. The molecule has 138 valence electrons. The number of halogens is 2. The lowest BCUT2D eigenvalue weighted by molar-refractivity contribution is -0.384. The zero-order chi connectivity index (χ0) is 19.2. The van der Waals surface area contributed by atoms with Crippen LogP contribution in [0.4, 0.5) is 11.4 Å². The third kappa shape index (κ3) is 5.12. The summed E-state index contributed by atoms with van der Waals surface area (Å²) >= 11 is 12.1. The normalized spacial score (nSPS) is 10.4. The van der Waals surface area contributed by atoms with Crippen LogP contribution in [0.1, 0.15) is 11.1 Å². The molecule has 0 heterocycles. The second-order valence-corrected chi connectivity index (χ2v) is 6.64. The molecule has 0 fully saturated rings. The Kier molecular flexibility index (Phi) is 6.16. The molecule has 3 aromatic carbocycles. The highest BCUT2D eigenvalue weighted by Crippen LogP contribution is 2.25. The second-order valence-electron chi connectivity index (χ2n) is 5.79. The summed E-state index contributed by atoms with van der Waals surface area (Å²) in [5.74, 6) is 0.710. The highest BCUT2D eigenvalue weighted by atomic mass is 35.5. The maximum Gasteiger partial charge on any atom is 0.271 e. The molecule has 0 amide bonds. The number of nitrogens with one attached hydrogen (secondary N) is 1. The Morgan fingerprint density at radius 2 is 1.78 bits per heavy atom. The van der Waals surface area contributed by atoms with Crippen LogP contribution in [0.3, 0.4) is 0 Å². The van der Waals surface area contributed by atoms with Gasteiger partial charge in [0.15, 0.2) is 0 Å². The number of hydrogen-bond acceptors (Lipinski definition) is 4. The van der Waals surface area contributed by atoms with Crippen LogP contribution in [0.25, 0.3) is 0 Å². The fourth-order valence-electron chi connectivity index (χ4n) is 2.51. The molecule has 0 aromatic heterocycles. The quantitative estimate of drug-likeness (QED) is 0.383. The molecule has 0 unspecified atom stereocenters. The summed E-state index contributed by atoms with van der Waals surface area (Å²) in [5.41, 5.74) is 2.47. The third-order valence-corrected chi connectivity index (χ3v) is 4.50. The van der Waals surface area contributed by atoms with E-state index in [1.165, 1.54) is 12.1 Å². The molecule has 5 nitrogen and oxygen atoms in total. The number of hydrogen-bond donors (Lipinski definition) is 1. The molecule has 0 saturated heterocycles. The van der Waals surface area contributed by atoms with Crippen LogP contribution < -0.4 is 10.1 Å². The summed E-state index contributed by atoms with van der Waals surface area (Å²) in [6, 6.07) is 19.2. The van der Waals surface area contributed by atoms with Crippen molar-refractivity contribution in [1.82, 2.24) is 0 Å². The van der Waals surface area contributed by atoms with Gasteiger partial charge in [0.1, 0.15) is 12.4 Å². The first-order chi connectivity index (χ1) is 13.0. The van der Waals surface area contributed by atoms with Gasteiger partial charge in [0.05, 0.1) is 4.92 Å². The van der Waals surface area contributed by atoms with Gasteiger partial charge < -0.3 is 10.1 Å². The van der Waals surface area contributed by atoms with Crippen LogP contribution in [0.15, 0.2) is 66.7 Å². The molecule has 0 radical (unpaired) electrons. The lowest BCUT2D eigenvalue weighted by atomic mass is 10.2. The molecule has 3 rings (SSSR count). The minimum atomic E-state index is -0.419. The molecule has 0 atom stereocenters. The molecule has 0 aliphatic heterocycles. The molecule has 0 saturated carbocycles. The van der Waals surface area contributed by atoms with E-state index < -0.39 is 4.92 Å². The van der Waals surface area contributed by atoms with E-state index in [9.17, 15) is 10.1 Å². The van der Waals surface area contributed by atoms with Gasteiger partial charge in [0.25, 0.3) is 5.69 Å². The van der Waals surface area contributed by atoms with Crippen molar-refractivity contribution >= 4 is 34.6 Å². The standard InChI is InChI=1S/C20H16Cl2N2O3/c21-16-9-8-15(19(22)10-16)13-27-20-7-2-1-4-14(20)12-23-17-5-3-6-18(11-17)24(25)26/h1-11,23H,12-13H2. The Labute approximate surface area is 166 Å². The first-order valence-corrected chi connectivity index (χ1v) is 8.91. The van der Waals surface area contributed by atoms with E-state index >= 15 is 0 Å². The number of nitro benzene ring substituents is 1. The summed E-state index contributed by atoms with van der Waals surface area (Å²) in [5, 5.41) is 15.2. The Hall–Kier alpha value is -2.76. The van der Waals surface area contributed by atoms with Crippen LogP contribution in [0, 0.1) is 10.1 Å². The second kappa shape index (κ2) is 8.75. The maximum absolute atomic E-state index is 10.9. The molecule has 1 N–H and O–H groups in total. The predicted octanol–water partition coefficient (Wildman–Crippen LogP) is 6.09. The van der Waals surface area contributed by atoms with Crippen molar-refractivity contribution in [2.75, 3.05) is 5.32 Å². The van der Waals surface area contributed by atoms with Gasteiger partial charge in [0.2, 0.25) is 0 Å². The third-order valence-electron chi connectivity index (χ3n) is 3.91. The van der Waals surface area contributed by atoms with Crippen molar-refractivity contribution in [1.29, 1.82) is 0 Å². The highest BCUT2D eigenvalue weighted by Gasteiger charge is 2.08. The number of non-ortho nitro benzene ring substituents is 1. The molecule has 27 heavy (non-hydrogen) atoms. The van der Waals surface area contributed by atoms with E-state index in [0.29, 0.717) is 34.6 Å². The van der Waals surface area contributed by atoms with Gasteiger partial charge in [-0.3, -0.25) is 10.1 Å². The van der Waals surface area contributed by atoms with Crippen molar-refractivity contribution < 1.29 is 9.66 Å². The lowest BCUT2D eigenvalue weighted by Gasteiger charge is -2.13. The van der Waals surface area contributed by atoms with Crippen molar-refractivity contribution in [3.63, 3.8) is 0 Å². The Balaban J connectivity index is 1.68. The van der Waals surface area contributed by atoms with Crippen LogP contribution in [0.5, 0.6) is 5.75 Å². The van der Waals surface area contributed by atoms with Gasteiger partial charge in [-0.2, -0.15) is 0 Å². The van der Waals surface area contributed by atoms with Crippen LogP contribution >= 0.6 is 23.2 Å². The summed E-state index contributed by atoms with van der Waals surface area (Å²) in [6.07, 6.45) is 0. The number of benzene rings is 3. The molecule has 0 aliphatic carbocycles. The van der Waals surface area contributed by atoms with E-state index in [1.54, 1.807) is 24.3 Å². The van der Waals surface area contributed by atoms with Gasteiger partial charge in [-0.15, -0.1) is 0 Å². The highest BCUT2D eigenvalue weighted by molar-refractivity contribution is 6.35. The number of nitrogens with zero attached hydrogens (tertiary/aromatic N) is 1. The fraction of sp³-hybridized carbons (Fsp3) is 0.100. The monoisotopic (exact) mass is 402 g/mol. The lowest BCUT2D eigenvalue weighted by Crippen LogP contribution is -2.04. The van der Waals surface area contributed by atoms with E-state index in [1.807, 2.05) is 30.3 Å². The Morgan fingerprint density at radius 1 is 0.963 bits per heavy atom. The van der Waals surface area contributed by atoms with E-state index in [2.05, 4.69) is 5.32 Å². The van der Waals surface area contributed by atoms with Crippen LogP contribution in [-0.4, -0.2) is 4.92 Å². The first kappa shape index (κ1) is 19.0. The summed E-state index contributed by atoms with van der Waals surface area (Å²) in [7, 11) is 0. The van der Waals surface area contributed by atoms with Gasteiger partial charge in [-0.1, -0.05) is 53.5 Å². The minimum absolute atomic E-state index is 0.0434. The van der Waals surface area contributed by atoms with Crippen molar-refractivity contribution in [2.45, 2.75) is 13.2 Å². The minimum Gasteiger partial charge on any atom is -0.488 e. The molecule has 0 spiro atoms. The molecule has 7 heteroatoms. The summed E-state index contributed by atoms with van der Waals surface area (Å²) in [6.45, 7) is 0.773. The van der Waals surface area contributed by atoms with E-state index in [4.69, 9.17) is 27.9 Å². The van der Waals surface area contributed by atoms with Gasteiger partial charge >= 0.3 is 0 Å². The van der Waals surface area contributed by atoms with E-state index in [-0.39, 0.29) is 5.69 Å². The zero-order valence-corrected chi connectivity index (χ0v) is 15.7. The van der Waals surface area contributed by atoms with E-state index in [0.717, 1.165) is 11.1 Å². The van der Waals surface area contributed by atoms with Crippen molar-refractivity contribution in [2.24, 2.45) is 0 Å². The molecule has 0 bridgehead atoms. The van der Waals surface area contributed by atoms with Crippen molar-refractivity contribution in [3.8, 4) is 5.75 Å². The summed E-state index contributed by atoms with van der Waals surface area (Å²) in [4.78, 5) is 10.5.